The molecule has 208 valence electrons. The van der Waals surface area contributed by atoms with Crippen LogP contribution in [-0.4, -0.2) is 60.1 Å². The first-order valence-corrected chi connectivity index (χ1v) is 12.6. The van der Waals surface area contributed by atoms with E-state index in [-0.39, 0.29) is 25.3 Å². The Hall–Kier alpha value is -4.25. The van der Waals surface area contributed by atoms with Crippen LogP contribution in [0.4, 0.5) is 0 Å². The molecule has 0 saturated carbocycles. The molecule has 2 aromatic carbocycles. The highest BCUT2D eigenvalue weighted by atomic mass is 16.5. The van der Waals surface area contributed by atoms with Crippen molar-refractivity contribution in [3.63, 3.8) is 0 Å². The third kappa shape index (κ3) is 8.64. The van der Waals surface area contributed by atoms with Crippen molar-refractivity contribution in [2.45, 2.75) is 58.3 Å². The first-order chi connectivity index (χ1) is 18.5. The summed E-state index contributed by atoms with van der Waals surface area (Å²) in [4.78, 5) is 51.7. The first-order valence-electron chi connectivity index (χ1n) is 12.6. The van der Waals surface area contributed by atoms with E-state index in [4.69, 9.17) is 9.26 Å². The molecule has 0 radical (unpaired) electrons. The largest absolute Gasteiger partial charge is 0.382 e. The molecule has 3 aromatic rings. The Balaban J connectivity index is 1.72. The predicted molar refractivity (Wildman–Crippen MR) is 145 cm³/mol. The molecule has 1 heterocycles. The maximum Gasteiger partial charge on any atom is 0.274 e. The second-order valence-corrected chi connectivity index (χ2v) is 10.2. The van der Waals surface area contributed by atoms with Gasteiger partial charge in [0.2, 0.25) is 17.7 Å². The molecule has 1 aromatic heterocycles. The Bertz CT molecular complexity index is 1320. The number of hydrogen-bond donors (Lipinski definition) is 4. The molecule has 39 heavy (non-hydrogen) atoms. The van der Waals surface area contributed by atoms with E-state index in [0.717, 1.165) is 16.3 Å². The molecule has 11 heteroatoms. The molecule has 0 aliphatic heterocycles. The zero-order chi connectivity index (χ0) is 28.6. The van der Waals surface area contributed by atoms with Crippen LogP contribution in [0.3, 0.4) is 0 Å². The fourth-order valence-electron chi connectivity index (χ4n) is 3.94. The lowest BCUT2D eigenvalue weighted by Gasteiger charge is -2.25. The number of hydrogen-bond acceptors (Lipinski definition) is 7. The van der Waals surface area contributed by atoms with Crippen LogP contribution >= 0.6 is 0 Å². The van der Waals surface area contributed by atoms with Crippen molar-refractivity contribution in [3.05, 3.63) is 65.5 Å². The van der Waals surface area contributed by atoms with Gasteiger partial charge in [-0.25, -0.2) is 0 Å². The molecule has 0 spiro atoms. The minimum absolute atomic E-state index is 0.0391. The predicted octanol–water partition coefficient (Wildman–Crippen LogP) is 1.99. The third-order valence-corrected chi connectivity index (χ3v) is 5.69. The summed E-state index contributed by atoms with van der Waals surface area (Å²) in [6.07, 6.45) is -0.358. The summed E-state index contributed by atoms with van der Waals surface area (Å²) in [7, 11) is 1.40. The van der Waals surface area contributed by atoms with Gasteiger partial charge in [0.15, 0.2) is 5.69 Å². The molecule has 0 bridgehead atoms. The Morgan fingerprint density at radius 1 is 0.974 bits per heavy atom. The van der Waals surface area contributed by atoms with Crippen LogP contribution in [0, 0.1) is 6.92 Å². The average molecular weight is 538 g/mol. The van der Waals surface area contributed by atoms with Gasteiger partial charge in [-0.3, -0.25) is 19.2 Å². The van der Waals surface area contributed by atoms with Crippen molar-refractivity contribution < 1.29 is 28.4 Å². The van der Waals surface area contributed by atoms with Gasteiger partial charge in [-0.2, -0.15) is 0 Å². The molecular weight excluding hydrogens is 502 g/mol. The lowest BCUT2D eigenvalue weighted by molar-refractivity contribution is -0.132. The number of carbonyl (C=O) groups excluding carboxylic acids is 4. The Morgan fingerprint density at radius 3 is 2.36 bits per heavy atom. The van der Waals surface area contributed by atoms with Crippen molar-refractivity contribution in [1.82, 2.24) is 26.4 Å². The molecule has 4 N–H and O–H groups in total. The van der Waals surface area contributed by atoms with E-state index in [2.05, 4.69) is 26.4 Å². The summed E-state index contributed by atoms with van der Waals surface area (Å²) in [5.74, 6) is -1.94. The van der Waals surface area contributed by atoms with Gasteiger partial charge >= 0.3 is 0 Å². The monoisotopic (exact) mass is 537 g/mol. The van der Waals surface area contributed by atoms with Crippen LogP contribution in [-0.2, 0) is 25.7 Å². The van der Waals surface area contributed by atoms with Crippen LogP contribution in [0.25, 0.3) is 10.8 Å². The van der Waals surface area contributed by atoms with Gasteiger partial charge in [0.1, 0.15) is 17.8 Å². The fraction of sp³-hybridized carbons (Fsp3) is 0.393. The first kappa shape index (κ1) is 29.3. The highest BCUT2D eigenvalue weighted by Gasteiger charge is 2.30. The molecular formula is C28H35N5O6. The van der Waals surface area contributed by atoms with Crippen molar-refractivity contribution in [2.24, 2.45) is 0 Å². The zero-order valence-corrected chi connectivity index (χ0v) is 22.8. The maximum absolute atomic E-state index is 13.3. The maximum atomic E-state index is 13.3. The van der Waals surface area contributed by atoms with Crippen molar-refractivity contribution in [1.29, 1.82) is 0 Å². The van der Waals surface area contributed by atoms with Crippen molar-refractivity contribution in [2.75, 3.05) is 13.7 Å². The van der Waals surface area contributed by atoms with Gasteiger partial charge in [0.25, 0.3) is 5.91 Å². The average Bonchev–Trinajstić information content (AvgIpc) is 3.31. The lowest BCUT2D eigenvalue weighted by atomic mass is 10.0. The highest BCUT2D eigenvalue weighted by molar-refractivity contribution is 5.99. The number of ether oxygens (including phenoxy) is 1. The molecule has 0 fully saturated rings. The van der Waals surface area contributed by atoms with Crippen LogP contribution in [0.2, 0.25) is 0 Å². The quantitative estimate of drug-likeness (QED) is 0.292. The standard InChI is InChI=1S/C28H35N5O6/c1-17-13-22(33-39-17)27(37)30-21(14-24(34)32-28(2,3)4)26(36)31-23(16-38-5)25(35)29-15-19-11-8-10-18-9-6-7-12-20(18)19/h6-13,21,23H,14-16H2,1-5H3,(H,29,35)(H,30,37)(H,31,36)(H,32,34)/t21-,23-/m0/s1. The van der Waals surface area contributed by atoms with Gasteiger partial charge in [0.05, 0.1) is 13.0 Å². The SMILES string of the molecule is COC[C@H](NC(=O)[C@H](CC(=O)NC(C)(C)C)NC(=O)c1cc(C)on1)C(=O)NCc1cccc2ccccc12. The number of amides is 4. The number of rotatable bonds is 11. The molecule has 3 rings (SSSR count). The number of nitrogens with one attached hydrogen (secondary N) is 4. The van der Waals surface area contributed by atoms with Crippen LogP contribution in [0.1, 0.15) is 49.0 Å². The van der Waals surface area contributed by atoms with Gasteiger partial charge in [-0.15, -0.1) is 0 Å². The number of fused-ring (bicyclic) bond motifs is 1. The Kier molecular flexibility index (Phi) is 9.78. The third-order valence-electron chi connectivity index (χ3n) is 5.69. The molecule has 0 aliphatic rings. The smallest absolute Gasteiger partial charge is 0.274 e. The molecule has 11 nitrogen and oxygen atoms in total. The fourth-order valence-corrected chi connectivity index (χ4v) is 3.94. The topological polar surface area (TPSA) is 152 Å². The molecule has 4 amide bonds. The summed E-state index contributed by atoms with van der Waals surface area (Å²) >= 11 is 0. The number of aryl methyl sites for hydroxylation is 1. The number of benzene rings is 2. The minimum atomic E-state index is -1.29. The second kappa shape index (κ2) is 13.0. The highest BCUT2D eigenvalue weighted by Crippen LogP contribution is 2.18. The van der Waals surface area contributed by atoms with E-state index in [9.17, 15) is 19.2 Å². The van der Waals surface area contributed by atoms with Crippen molar-refractivity contribution in [3.8, 4) is 0 Å². The molecule has 0 saturated heterocycles. The number of aromatic nitrogens is 1. The van der Waals surface area contributed by atoms with Crippen LogP contribution in [0.15, 0.2) is 53.1 Å². The normalized spacial score (nSPS) is 12.8. The van der Waals surface area contributed by atoms with Crippen LogP contribution in [0.5, 0.6) is 0 Å². The Labute approximate surface area is 227 Å². The van der Waals surface area contributed by atoms with Gasteiger partial charge in [-0.1, -0.05) is 47.6 Å². The van der Waals surface area contributed by atoms with Gasteiger partial charge < -0.3 is 30.5 Å². The Morgan fingerprint density at radius 2 is 1.69 bits per heavy atom. The number of nitrogens with zero attached hydrogens (tertiary/aromatic N) is 1. The summed E-state index contributed by atoms with van der Waals surface area (Å²) in [6, 6.07) is 12.7. The summed E-state index contributed by atoms with van der Waals surface area (Å²) < 4.78 is 10.1. The van der Waals surface area contributed by atoms with Gasteiger partial charge in [0, 0.05) is 25.3 Å². The number of carbonyl (C=O) groups is 4. The lowest BCUT2D eigenvalue weighted by Crippen LogP contribution is -2.56. The van der Waals surface area contributed by atoms with E-state index in [1.807, 2.05) is 42.5 Å². The zero-order valence-electron chi connectivity index (χ0n) is 22.8. The van der Waals surface area contributed by atoms with Crippen LogP contribution < -0.4 is 21.3 Å². The number of methoxy groups -OCH3 is 1. The van der Waals surface area contributed by atoms with E-state index < -0.39 is 41.3 Å². The second-order valence-electron chi connectivity index (χ2n) is 10.2. The van der Waals surface area contributed by atoms with Crippen molar-refractivity contribution >= 4 is 34.4 Å². The van der Waals surface area contributed by atoms with Gasteiger partial charge in [-0.05, 0) is 44.0 Å². The molecule has 0 unspecified atom stereocenters. The van der Waals surface area contributed by atoms with E-state index >= 15 is 0 Å². The summed E-state index contributed by atoms with van der Waals surface area (Å²) in [5, 5.41) is 16.4. The molecule has 2 atom stereocenters. The van der Waals surface area contributed by atoms with E-state index in [1.165, 1.54) is 13.2 Å². The van der Waals surface area contributed by atoms with E-state index in [0.29, 0.717) is 5.76 Å². The van der Waals surface area contributed by atoms with E-state index in [1.54, 1.807) is 27.7 Å². The summed E-state index contributed by atoms with van der Waals surface area (Å²) in [5.41, 5.74) is 0.324. The minimum Gasteiger partial charge on any atom is -0.382 e. The summed E-state index contributed by atoms with van der Waals surface area (Å²) in [6.45, 7) is 7.13. The molecule has 0 aliphatic carbocycles.